The Bertz CT molecular complexity index is 1340. The van der Waals surface area contributed by atoms with Crippen LogP contribution in [0.1, 0.15) is 22.3 Å². The zero-order valence-corrected chi connectivity index (χ0v) is 19.7. The van der Waals surface area contributed by atoms with Gasteiger partial charge in [-0.25, -0.2) is 4.99 Å². The van der Waals surface area contributed by atoms with Crippen molar-refractivity contribution in [1.29, 1.82) is 5.26 Å². The Hall–Kier alpha value is -4.35. The van der Waals surface area contributed by atoms with Gasteiger partial charge in [-0.1, -0.05) is 36.4 Å². The highest BCUT2D eigenvalue weighted by Crippen LogP contribution is 2.33. The van der Waals surface area contributed by atoms with Gasteiger partial charge in [0.05, 0.1) is 28.6 Å². The number of thioether (sulfide) groups is 1. The maximum atomic E-state index is 12.7. The first-order valence-corrected chi connectivity index (χ1v) is 11.5. The molecule has 0 radical (unpaired) electrons. The van der Waals surface area contributed by atoms with E-state index in [4.69, 9.17) is 15.1 Å². The van der Waals surface area contributed by atoms with Gasteiger partial charge < -0.3 is 9.84 Å². The van der Waals surface area contributed by atoms with E-state index < -0.39 is 5.97 Å². The first-order valence-electron chi connectivity index (χ1n) is 10.7. The average Bonchev–Trinajstić information content (AvgIpc) is 3.12. The van der Waals surface area contributed by atoms with Crippen LogP contribution in [0.5, 0.6) is 5.75 Å². The number of carbonyl (C=O) groups is 2. The second kappa shape index (κ2) is 10.7. The van der Waals surface area contributed by atoms with Gasteiger partial charge in [0.2, 0.25) is 0 Å². The lowest BCUT2D eigenvalue weighted by atomic mass is 10.1. The highest BCUT2D eigenvalue weighted by molar-refractivity contribution is 8.18. The molecule has 35 heavy (non-hydrogen) atoms. The zero-order valence-electron chi connectivity index (χ0n) is 18.8. The molecule has 0 aliphatic carbocycles. The van der Waals surface area contributed by atoms with Gasteiger partial charge in [0.25, 0.3) is 5.91 Å². The van der Waals surface area contributed by atoms with Crippen LogP contribution in [0.25, 0.3) is 6.08 Å². The summed E-state index contributed by atoms with van der Waals surface area (Å²) in [6.45, 7) is 0.391. The summed E-state index contributed by atoms with van der Waals surface area (Å²) in [7, 11) is 1.67. The number of likely N-dealkylation sites (N-methyl/N-ethyl adjacent to an activating group) is 1. The molecule has 0 saturated carbocycles. The Morgan fingerprint density at radius 2 is 1.71 bits per heavy atom. The number of benzene rings is 3. The summed E-state index contributed by atoms with van der Waals surface area (Å²) in [5.74, 6) is -0.327. The molecule has 3 aromatic carbocycles. The van der Waals surface area contributed by atoms with Gasteiger partial charge in [-0.15, -0.1) is 0 Å². The van der Waals surface area contributed by atoms with E-state index in [1.165, 1.54) is 16.7 Å². The van der Waals surface area contributed by atoms with Crippen LogP contribution in [0.2, 0.25) is 0 Å². The van der Waals surface area contributed by atoms with Gasteiger partial charge >= 0.3 is 5.97 Å². The topological polar surface area (TPSA) is 103 Å². The van der Waals surface area contributed by atoms with Crippen LogP contribution in [-0.2, 0) is 22.6 Å². The van der Waals surface area contributed by atoms with Crippen LogP contribution in [-0.4, -0.2) is 34.1 Å². The molecule has 1 amide bonds. The highest BCUT2D eigenvalue weighted by atomic mass is 32.2. The number of aliphatic imine (C=N–C) groups is 1. The van der Waals surface area contributed by atoms with Crippen molar-refractivity contribution in [1.82, 2.24) is 4.90 Å². The molecule has 174 valence electrons. The van der Waals surface area contributed by atoms with E-state index in [0.29, 0.717) is 39.2 Å². The van der Waals surface area contributed by atoms with Crippen LogP contribution >= 0.6 is 11.8 Å². The molecular weight excluding hydrogens is 462 g/mol. The summed E-state index contributed by atoms with van der Waals surface area (Å²) in [5, 5.41) is 18.3. The van der Waals surface area contributed by atoms with E-state index in [-0.39, 0.29) is 12.3 Å². The van der Waals surface area contributed by atoms with E-state index in [1.807, 2.05) is 42.5 Å². The van der Waals surface area contributed by atoms with Gasteiger partial charge in [-0.3, -0.25) is 14.5 Å². The molecule has 0 unspecified atom stereocenters. The van der Waals surface area contributed by atoms with Crippen molar-refractivity contribution in [3.8, 4) is 11.8 Å². The van der Waals surface area contributed by atoms with Crippen LogP contribution in [0.4, 0.5) is 5.69 Å². The number of hydrogen-bond donors (Lipinski definition) is 1. The normalized spacial score (nSPS) is 15.4. The average molecular weight is 484 g/mol. The molecular formula is C27H21N3O4S. The summed E-state index contributed by atoms with van der Waals surface area (Å²) in [6.07, 6.45) is 1.77. The molecule has 1 fully saturated rings. The number of amidine groups is 1. The molecule has 1 saturated heterocycles. The van der Waals surface area contributed by atoms with Crippen molar-refractivity contribution in [2.75, 3.05) is 7.05 Å². The number of rotatable bonds is 7. The second-order valence-corrected chi connectivity index (χ2v) is 8.78. The Kier molecular flexibility index (Phi) is 7.29. The monoisotopic (exact) mass is 483 g/mol. The number of carboxylic acid groups (broad SMARTS) is 1. The van der Waals surface area contributed by atoms with E-state index in [0.717, 1.165) is 11.1 Å². The van der Waals surface area contributed by atoms with E-state index in [9.17, 15) is 9.59 Å². The van der Waals surface area contributed by atoms with Crippen molar-refractivity contribution in [3.63, 3.8) is 0 Å². The molecule has 3 aromatic rings. The second-order valence-electron chi connectivity index (χ2n) is 7.77. The third-order valence-corrected chi connectivity index (χ3v) is 6.25. The number of carbonyl (C=O) groups excluding carboxylic acids is 1. The maximum absolute atomic E-state index is 12.7. The fraction of sp³-hybridized carbons (Fsp3) is 0.111. The third kappa shape index (κ3) is 6.16. The number of hydrogen-bond acceptors (Lipinski definition) is 6. The molecule has 8 heteroatoms. The minimum Gasteiger partial charge on any atom is -0.489 e. The van der Waals surface area contributed by atoms with Crippen LogP contribution in [0.15, 0.2) is 82.7 Å². The number of ether oxygens (including phenoxy) is 1. The van der Waals surface area contributed by atoms with Gasteiger partial charge in [0, 0.05) is 7.05 Å². The zero-order chi connectivity index (χ0) is 24.8. The SMILES string of the molecule is CN1C(=O)C(=Cc2ccc(OCc3ccc(C#N)cc3)cc2)SC1=Nc1ccc(CC(=O)O)cc1. The Labute approximate surface area is 207 Å². The third-order valence-electron chi connectivity index (χ3n) is 5.19. The molecule has 0 aromatic heterocycles. The quantitative estimate of drug-likeness (QED) is 0.475. The van der Waals surface area contributed by atoms with E-state index in [1.54, 1.807) is 43.4 Å². The number of nitrogens with zero attached hydrogens (tertiary/aromatic N) is 3. The number of carboxylic acids is 1. The van der Waals surface area contributed by atoms with Gasteiger partial charge in [0.15, 0.2) is 5.17 Å². The number of aliphatic carboxylic acids is 1. The fourth-order valence-corrected chi connectivity index (χ4v) is 4.27. The Balaban J connectivity index is 1.40. The molecule has 1 aliphatic heterocycles. The summed E-state index contributed by atoms with van der Waals surface area (Å²) < 4.78 is 5.81. The molecule has 1 heterocycles. The lowest BCUT2D eigenvalue weighted by molar-refractivity contribution is -0.136. The number of nitriles is 1. The summed E-state index contributed by atoms with van der Waals surface area (Å²) in [6, 6.07) is 23.7. The van der Waals surface area contributed by atoms with Crippen molar-refractivity contribution in [2.45, 2.75) is 13.0 Å². The summed E-state index contributed by atoms with van der Waals surface area (Å²) in [5.41, 5.74) is 3.77. The van der Waals surface area contributed by atoms with E-state index >= 15 is 0 Å². The molecule has 1 N–H and O–H groups in total. The molecule has 0 atom stereocenters. The Morgan fingerprint density at radius 3 is 2.34 bits per heavy atom. The highest BCUT2D eigenvalue weighted by Gasteiger charge is 2.30. The van der Waals surface area contributed by atoms with Gasteiger partial charge in [-0.05, 0) is 70.9 Å². The first-order chi connectivity index (χ1) is 16.9. The largest absolute Gasteiger partial charge is 0.489 e. The summed E-state index contributed by atoms with van der Waals surface area (Å²) >= 11 is 1.29. The first kappa shape index (κ1) is 23.8. The minimum absolute atomic E-state index is 0.0455. The number of amides is 1. The molecule has 0 spiro atoms. The smallest absolute Gasteiger partial charge is 0.307 e. The fourth-order valence-electron chi connectivity index (χ4n) is 3.28. The lowest BCUT2D eigenvalue weighted by Gasteiger charge is -2.07. The van der Waals surface area contributed by atoms with Crippen molar-refractivity contribution in [2.24, 2.45) is 4.99 Å². The van der Waals surface area contributed by atoms with Gasteiger partial charge in [-0.2, -0.15) is 5.26 Å². The standard InChI is InChI=1S/C27H21N3O4S/c1-30-26(33)24(35-27(30)29-22-10-6-19(7-11-22)15-25(31)32)14-18-8-12-23(13-9-18)34-17-21-4-2-20(16-28)3-5-21/h2-14H,15,17H2,1H3,(H,31,32). The molecule has 1 aliphatic rings. The predicted molar refractivity (Wildman–Crippen MR) is 135 cm³/mol. The lowest BCUT2D eigenvalue weighted by Crippen LogP contribution is -2.23. The van der Waals surface area contributed by atoms with Crippen molar-refractivity contribution in [3.05, 3.63) is 100.0 Å². The van der Waals surface area contributed by atoms with Crippen LogP contribution < -0.4 is 4.74 Å². The van der Waals surface area contributed by atoms with Crippen molar-refractivity contribution >= 4 is 40.6 Å². The van der Waals surface area contributed by atoms with Crippen molar-refractivity contribution < 1.29 is 19.4 Å². The molecule has 0 bridgehead atoms. The van der Waals surface area contributed by atoms with Gasteiger partial charge in [0.1, 0.15) is 12.4 Å². The summed E-state index contributed by atoms with van der Waals surface area (Å²) in [4.78, 5) is 30.1. The minimum atomic E-state index is -0.888. The van der Waals surface area contributed by atoms with E-state index in [2.05, 4.69) is 11.1 Å². The maximum Gasteiger partial charge on any atom is 0.307 e. The molecule has 7 nitrogen and oxygen atoms in total. The van der Waals surface area contributed by atoms with Crippen LogP contribution in [0.3, 0.4) is 0 Å². The predicted octanol–water partition coefficient (Wildman–Crippen LogP) is 5.00. The van der Waals surface area contributed by atoms with Crippen LogP contribution in [0, 0.1) is 11.3 Å². The molecule has 4 rings (SSSR count). The Morgan fingerprint density at radius 1 is 1.06 bits per heavy atom.